The molecule has 108 valence electrons. The number of likely N-dealkylation sites (N-methyl/N-ethyl adjacent to an activating group) is 1. The average Bonchev–Trinajstić information content (AvgIpc) is 2.42. The van der Waals surface area contributed by atoms with Gasteiger partial charge in [0.25, 0.3) is 0 Å². The smallest absolute Gasteiger partial charge is 0.146 e. The van der Waals surface area contributed by atoms with Crippen LogP contribution < -0.4 is 10.2 Å². The van der Waals surface area contributed by atoms with Crippen molar-refractivity contribution in [2.24, 2.45) is 0 Å². The number of anilines is 1. The molecule has 0 aromatic heterocycles. The Balaban J connectivity index is 2.82. The Morgan fingerprint density at radius 2 is 2.21 bits per heavy atom. The van der Waals surface area contributed by atoms with E-state index in [1.54, 1.807) is 25.1 Å². The molecular formula is C14H23FN2O2. The summed E-state index contributed by atoms with van der Waals surface area (Å²) in [7, 11) is 3.43. The maximum Gasteiger partial charge on any atom is 0.146 e. The molecule has 1 unspecified atom stereocenters. The monoisotopic (exact) mass is 270 g/mol. The van der Waals surface area contributed by atoms with Crippen LogP contribution in [0.15, 0.2) is 18.2 Å². The van der Waals surface area contributed by atoms with E-state index in [1.165, 1.54) is 6.07 Å². The summed E-state index contributed by atoms with van der Waals surface area (Å²) in [6.07, 6.45) is 0. The van der Waals surface area contributed by atoms with Gasteiger partial charge in [-0.2, -0.15) is 0 Å². The molecule has 1 rings (SSSR count). The second kappa shape index (κ2) is 8.09. The Bertz CT molecular complexity index is 388. The summed E-state index contributed by atoms with van der Waals surface area (Å²) in [5.74, 6) is -0.270. The molecule has 0 spiro atoms. The fraction of sp³-hybridized carbons (Fsp3) is 0.571. The standard InChI is InChI=1S/C14H23FN2O2/c1-11(10-18)17(2)14-12(5-4-6-13(14)15)9-16-7-8-19-3/h4-6,11,16,18H,7-10H2,1-3H3. The van der Waals surface area contributed by atoms with Crippen LogP contribution in [-0.2, 0) is 11.3 Å². The van der Waals surface area contributed by atoms with Gasteiger partial charge in [-0.1, -0.05) is 12.1 Å². The number of nitrogens with one attached hydrogen (secondary N) is 1. The summed E-state index contributed by atoms with van der Waals surface area (Å²) >= 11 is 0. The van der Waals surface area contributed by atoms with Crippen molar-refractivity contribution in [1.82, 2.24) is 5.32 Å². The van der Waals surface area contributed by atoms with Crippen molar-refractivity contribution in [3.8, 4) is 0 Å². The zero-order valence-electron chi connectivity index (χ0n) is 11.8. The lowest BCUT2D eigenvalue weighted by Gasteiger charge is -2.28. The van der Waals surface area contributed by atoms with Crippen molar-refractivity contribution in [1.29, 1.82) is 0 Å². The van der Waals surface area contributed by atoms with Crippen LogP contribution in [-0.4, -0.2) is 45.1 Å². The largest absolute Gasteiger partial charge is 0.394 e. The molecule has 5 heteroatoms. The van der Waals surface area contributed by atoms with E-state index < -0.39 is 0 Å². The Labute approximate surface area is 114 Å². The number of nitrogens with zero attached hydrogens (tertiary/aromatic N) is 1. The normalized spacial score (nSPS) is 12.5. The van der Waals surface area contributed by atoms with Gasteiger partial charge in [0.05, 0.1) is 18.9 Å². The minimum atomic E-state index is -0.270. The molecule has 4 nitrogen and oxygen atoms in total. The fourth-order valence-corrected chi connectivity index (χ4v) is 1.84. The third kappa shape index (κ3) is 4.45. The van der Waals surface area contributed by atoms with E-state index in [2.05, 4.69) is 5.32 Å². The third-order valence-electron chi connectivity index (χ3n) is 3.15. The van der Waals surface area contributed by atoms with Gasteiger partial charge in [-0.25, -0.2) is 4.39 Å². The number of aliphatic hydroxyl groups is 1. The van der Waals surface area contributed by atoms with Crippen LogP contribution in [0.3, 0.4) is 0 Å². The van der Waals surface area contributed by atoms with E-state index >= 15 is 0 Å². The Hall–Kier alpha value is -1.17. The quantitative estimate of drug-likeness (QED) is 0.701. The minimum Gasteiger partial charge on any atom is -0.394 e. The van der Waals surface area contributed by atoms with Gasteiger partial charge in [-0.05, 0) is 18.6 Å². The number of ether oxygens (including phenoxy) is 1. The summed E-state index contributed by atoms with van der Waals surface area (Å²) < 4.78 is 19.0. The van der Waals surface area contributed by atoms with Gasteiger partial charge in [0, 0.05) is 33.3 Å². The molecule has 1 aromatic rings. The highest BCUT2D eigenvalue weighted by atomic mass is 19.1. The molecule has 0 aliphatic rings. The minimum absolute atomic E-state index is 0.0125. The molecule has 2 N–H and O–H groups in total. The zero-order chi connectivity index (χ0) is 14.3. The molecule has 1 aromatic carbocycles. The summed E-state index contributed by atoms with van der Waals surface area (Å²) in [6.45, 7) is 3.74. The molecule has 0 bridgehead atoms. The van der Waals surface area contributed by atoms with Crippen molar-refractivity contribution < 1.29 is 14.2 Å². The predicted molar refractivity (Wildman–Crippen MR) is 74.9 cm³/mol. The highest BCUT2D eigenvalue weighted by molar-refractivity contribution is 5.55. The maximum absolute atomic E-state index is 14.0. The molecule has 0 aliphatic carbocycles. The predicted octanol–water partition coefficient (Wildman–Crippen LogP) is 1.38. The number of benzene rings is 1. The van der Waals surface area contributed by atoms with E-state index in [-0.39, 0.29) is 18.5 Å². The molecule has 0 fully saturated rings. The van der Waals surface area contributed by atoms with Gasteiger partial charge in [0.15, 0.2) is 0 Å². The Morgan fingerprint density at radius 3 is 2.84 bits per heavy atom. The average molecular weight is 270 g/mol. The molecular weight excluding hydrogens is 247 g/mol. The summed E-state index contributed by atoms with van der Waals surface area (Å²) in [6, 6.07) is 4.89. The van der Waals surface area contributed by atoms with Gasteiger partial charge in [0.1, 0.15) is 5.82 Å². The Morgan fingerprint density at radius 1 is 1.47 bits per heavy atom. The molecule has 0 amide bonds. The van der Waals surface area contributed by atoms with E-state index in [0.717, 1.165) is 5.56 Å². The number of aliphatic hydroxyl groups excluding tert-OH is 1. The first-order valence-electron chi connectivity index (χ1n) is 6.42. The third-order valence-corrected chi connectivity index (χ3v) is 3.15. The van der Waals surface area contributed by atoms with Crippen molar-refractivity contribution in [2.75, 3.05) is 38.8 Å². The lowest BCUT2D eigenvalue weighted by atomic mass is 10.1. The van der Waals surface area contributed by atoms with Crippen molar-refractivity contribution in [2.45, 2.75) is 19.5 Å². The van der Waals surface area contributed by atoms with Crippen molar-refractivity contribution in [3.63, 3.8) is 0 Å². The molecule has 0 saturated carbocycles. The zero-order valence-corrected chi connectivity index (χ0v) is 11.8. The lowest BCUT2D eigenvalue weighted by Crippen LogP contribution is -2.34. The highest BCUT2D eigenvalue weighted by Gasteiger charge is 2.16. The van der Waals surface area contributed by atoms with Crippen LogP contribution in [0.4, 0.5) is 10.1 Å². The Kier molecular flexibility index (Phi) is 6.77. The topological polar surface area (TPSA) is 44.7 Å². The molecule has 0 heterocycles. The van der Waals surface area contributed by atoms with Crippen LogP contribution in [0.2, 0.25) is 0 Å². The molecule has 19 heavy (non-hydrogen) atoms. The first-order valence-corrected chi connectivity index (χ1v) is 6.42. The van der Waals surface area contributed by atoms with E-state index in [0.29, 0.717) is 25.4 Å². The van der Waals surface area contributed by atoms with E-state index in [1.807, 2.05) is 13.0 Å². The van der Waals surface area contributed by atoms with Gasteiger partial charge in [0.2, 0.25) is 0 Å². The summed E-state index contributed by atoms with van der Waals surface area (Å²) in [5.41, 5.74) is 1.41. The molecule has 1 atom stereocenters. The molecule has 0 saturated heterocycles. The second-order valence-electron chi connectivity index (χ2n) is 4.56. The van der Waals surface area contributed by atoms with Crippen LogP contribution in [0.25, 0.3) is 0 Å². The number of para-hydroxylation sites is 1. The number of halogens is 1. The van der Waals surface area contributed by atoms with Gasteiger partial charge < -0.3 is 20.1 Å². The number of methoxy groups -OCH3 is 1. The van der Waals surface area contributed by atoms with Crippen LogP contribution in [0, 0.1) is 5.82 Å². The fourth-order valence-electron chi connectivity index (χ4n) is 1.84. The van der Waals surface area contributed by atoms with E-state index in [4.69, 9.17) is 4.74 Å². The SMILES string of the molecule is COCCNCc1cccc(F)c1N(C)C(C)CO. The van der Waals surface area contributed by atoms with Crippen LogP contribution in [0.1, 0.15) is 12.5 Å². The highest BCUT2D eigenvalue weighted by Crippen LogP contribution is 2.25. The summed E-state index contributed by atoms with van der Waals surface area (Å²) in [4.78, 5) is 1.77. The van der Waals surface area contributed by atoms with Crippen LogP contribution in [0.5, 0.6) is 0 Å². The molecule has 0 aliphatic heterocycles. The first-order chi connectivity index (χ1) is 9.11. The van der Waals surface area contributed by atoms with Gasteiger partial charge >= 0.3 is 0 Å². The van der Waals surface area contributed by atoms with Gasteiger partial charge in [-0.3, -0.25) is 0 Å². The number of hydrogen-bond donors (Lipinski definition) is 2. The second-order valence-corrected chi connectivity index (χ2v) is 4.56. The number of rotatable bonds is 8. The van der Waals surface area contributed by atoms with Crippen molar-refractivity contribution >= 4 is 5.69 Å². The number of hydrogen-bond acceptors (Lipinski definition) is 4. The van der Waals surface area contributed by atoms with Crippen molar-refractivity contribution in [3.05, 3.63) is 29.6 Å². The lowest BCUT2D eigenvalue weighted by molar-refractivity contribution is 0.199. The maximum atomic E-state index is 14.0. The summed E-state index contributed by atoms with van der Waals surface area (Å²) in [5, 5.41) is 12.4. The van der Waals surface area contributed by atoms with Gasteiger partial charge in [-0.15, -0.1) is 0 Å². The molecule has 0 radical (unpaired) electrons. The first kappa shape index (κ1) is 15.9. The van der Waals surface area contributed by atoms with E-state index in [9.17, 15) is 9.50 Å². The van der Waals surface area contributed by atoms with Crippen LogP contribution >= 0.6 is 0 Å².